The van der Waals surface area contributed by atoms with Gasteiger partial charge in [-0.3, -0.25) is 0 Å². The summed E-state index contributed by atoms with van der Waals surface area (Å²) in [6.45, 7) is 0.0730. The van der Waals surface area contributed by atoms with E-state index in [9.17, 15) is 66.4 Å². The van der Waals surface area contributed by atoms with Gasteiger partial charge in [-0.1, -0.05) is 0 Å². The summed E-state index contributed by atoms with van der Waals surface area (Å²) in [5.41, 5.74) is 0. The zero-order valence-electron chi connectivity index (χ0n) is 29.2. The van der Waals surface area contributed by atoms with Crippen LogP contribution in [0, 0.1) is 11.8 Å². The summed E-state index contributed by atoms with van der Waals surface area (Å²) < 4.78 is 41.4. The van der Waals surface area contributed by atoms with Crippen molar-refractivity contribution in [2.24, 2.45) is 11.8 Å². The maximum atomic E-state index is 11.7. The fraction of sp³-hybridized carbons (Fsp3) is 1.00. The van der Waals surface area contributed by atoms with Crippen LogP contribution in [0.4, 0.5) is 0 Å². The van der Waals surface area contributed by atoms with Crippen LogP contribution in [0.3, 0.4) is 0 Å². The first-order chi connectivity index (χ1) is 25.1. The highest BCUT2D eigenvalue weighted by atomic mass is 16.8. The van der Waals surface area contributed by atoms with E-state index >= 15 is 0 Å². The average molecular weight is 773 g/mol. The highest BCUT2D eigenvalue weighted by molar-refractivity contribution is 5.00. The SMILES string of the molecule is CC1OC(OCC2OC(OC3CC4C(O)CC(O)CC4OC3C3CCC(O)C(O)C3)C(O)C(OC3OC(CO)C(O)C(O)C3O)C2O)C(O)C(O)C1O. The molecule has 24 unspecified atom stereocenters. The van der Waals surface area contributed by atoms with E-state index in [1.165, 1.54) is 6.92 Å². The Bertz CT molecular complexity index is 1170. The Hall–Kier alpha value is -0.800. The van der Waals surface area contributed by atoms with E-state index in [-0.39, 0.29) is 38.0 Å². The van der Waals surface area contributed by atoms with Crippen molar-refractivity contribution in [2.75, 3.05) is 13.2 Å². The lowest BCUT2D eigenvalue weighted by Gasteiger charge is -2.51. The molecule has 13 N–H and O–H groups in total. The molecule has 6 rings (SSSR count). The van der Waals surface area contributed by atoms with Crippen LogP contribution in [-0.2, 0) is 33.2 Å². The number of aliphatic hydroxyl groups excluding tert-OH is 13. The van der Waals surface area contributed by atoms with Crippen LogP contribution in [0.1, 0.15) is 45.4 Å². The minimum Gasteiger partial charge on any atom is -0.394 e. The Morgan fingerprint density at radius 3 is 1.91 bits per heavy atom. The molecule has 4 heterocycles. The van der Waals surface area contributed by atoms with Crippen LogP contribution in [0.2, 0.25) is 0 Å². The fourth-order valence-corrected chi connectivity index (χ4v) is 8.57. The quantitative estimate of drug-likeness (QED) is 0.104. The number of hydrogen-bond donors (Lipinski definition) is 13. The fourth-order valence-electron chi connectivity index (χ4n) is 8.57. The third kappa shape index (κ3) is 8.72. The topological polar surface area (TPSA) is 328 Å². The first-order valence-corrected chi connectivity index (χ1v) is 18.4. The first-order valence-electron chi connectivity index (χ1n) is 18.4. The third-order valence-corrected chi connectivity index (χ3v) is 11.8. The number of rotatable bonds is 9. The lowest BCUT2D eigenvalue weighted by molar-refractivity contribution is -0.375. The van der Waals surface area contributed by atoms with Crippen LogP contribution in [0.15, 0.2) is 0 Å². The van der Waals surface area contributed by atoms with Gasteiger partial charge in [0.05, 0.1) is 62.0 Å². The van der Waals surface area contributed by atoms with Gasteiger partial charge in [0.1, 0.15) is 67.1 Å². The first kappa shape index (κ1) is 41.8. The van der Waals surface area contributed by atoms with E-state index in [0.717, 1.165) is 0 Å². The highest BCUT2D eigenvalue weighted by Crippen LogP contribution is 2.44. The number of aliphatic hydroxyl groups is 13. The predicted molar refractivity (Wildman–Crippen MR) is 170 cm³/mol. The molecular formula is C33H56O20. The summed E-state index contributed by atoms with van der Waals surface area (Å²) in [7, 11) is 0. The van der Waals surface area contributed by atoms with Crippen LogP contribution in [0.25, 0.3) is 0 Å². The van der Waals surface area contributed by atoms with Crippen molar-refractivity contribution in [3.05, 3.63) is 0 Å². The summed E-state index contributed by atoms with van der Waals surface area (Å²) in [5, 5.41) is 137. The lowest BCUT2D eigenvalue weighted by Crippen LogP contribution is -2.66. The van der Waals surface area contributed by atoms with Gasteiger partial charge in [-0.15, -0.1) is 0 Å². The van der Waals surface area contributed by atoms with Gasteiger partial charge in [-0.2, -0.15) is 0 Å². The second-order valence-corrected chi connectivity index (χ2v) is 15.5. The zero-order valence-corrected chi connectivity index (χ0v) is 29.2. The molecule has 4 saturated heterocycles. The summed E-state index contributed by atoms with van der Waals surface area (Å²) >= 11 is 0. The number of hydrogen-bond acceptors (Lipinski definition) is 20. The van der Waals surface area contributed by atoms with Crippen LogP contribution < -0.4 is 0 Å². The lowest BCUT2D eigenvalue weighted by atomic mass is 9.72. The van der Waals surface area contributed by atoms with Crippen molar-refractivity contribution in [3.63, 3.8) is 0 Å². The van der Waals surface area contributed by atoms with Gasteiger partial charge in [-0.05, 0) is 51.4 Å². The molecule has 4 aliphatic heterocycles. The molecule has 6 aliphatic rings. The second-order valence-electron chi connectivity index (χ2n) is 15.5. The molecule has 0 bridgehead atoms. The molecule has 20 nitrogen and oxygen atoms in total. The van der Waals surface area contributed by atoms with Gasteiger partial charge < -0.3 is 99.5 Å². The average Bonchev–Trinajstić information content (AvgIpc) is 3.12. The molecule has 24 atom stereocenters. The second kappa shape index (κ2) is 17.4. The predicted octanol–water partition coefficient (Wildman–Crippen LogP) is -6.34. The van der Waals surface area contributed by atoms with Gasteiger partial charge in [0.25, 0.3) is 0 Å². The Balaban J connectivity index is 1.25. The van der Waals surface area contributed by atoms with Crippen LogP contribution in [-0.4, -0.2) is 214 Å². The number of ether oxygens (including phenoxy) is 7. The van der Waals surface area contributed by atoms with E-state index in [4.69, 9.17) is 33.2 Å². The molecular weight excluding hydrogens is 716 g/mol. The Labute approximate surface area is 305 Å². The van der Waals surface area contributed by atoms with Gasteiger partial charge in [-0.25, -0.2) is 0 Å². The van der Waals surface area contributed by atoms with Gasteiger partial charge in [0.2, 0.25) is 0 Å². The Morgan fingerprint density at radius 1 is 0.547 bits per heavy atom. The monoisotopic (exact) mass is 772 g/mol. The van der Waals surface area contributed by atoms with Crippen molar-refractivity contribution in [1.29, 1.82) is 0 Å². The van der Waals surface area contributed by atoms with Crippen molar-refractivity contribution in [1.82, 2.24) is 0 Å². The third-order valence-electron chi connectivity index (χ3n) is 11.8. The van der Waals surface area contributed by atoms with Crippen molar-refractivity contribution in [2.45, 2.75) is 180 Å². The molecule has 20 heteroatoms. The largest absolute Gasteiger partial charge is 0.394 e. The Kier molecular flexibility index (Phi) is 13.7. The Morgan fingerprint density at radius 2 is 1.21 bits per heavy atom. The normalized spacial score (nSPS) is 55.4. The minimum absolute atomic E-state index is 0.0961. The van der Waals surface area contributed by atoms with Gasteiger partial charge in [0.15, 0.2) is 18.9 Å². The van der Waals surface area contributed by atoms with Gasteiger partial charge >= 0.3 is 0 Å². The molecule has 0 spiro atoms. The van der Waals surface area contributed by atoms with E-state index in [2.05, 4.69) is 0 Å². The van der Waals surface area contributed by atoms with Crippen molar-refractivity contribution in [3.8, 4) is 0 Å². The maximum absolute atomic E-state index is 11.7. The van der Waals surface area contributed by atoms with E-state index < -0.39 is 154 Å². The van der Waals surface area contributed by atoms with Crippen molar-refractivity contribution < 1.29 is 99.5 Å². The van der Waals surface area contributed by atoms with E-state index in [1.807, 2.05) is 0 Å². The number of fused-ring (bicyclic) bond motifs is 1. The molecule has 53 heavy (non-hydrogen) atoms. The summed E-state index contributed by atoms with van der Waals surface area (Å²) in [6.07, 6.45) is -29.1. The smallest absolute Gasteiger partial charge is 0.187 e. The molecule has 0 radical (unpaired) electrons. The molecule has 308 valence electrons. The van der Waals surface area contributed by atoms with Crippen LogP contribution >= 0.6 is 0 Å². The van der Waals surface area contributed by atoms with E-state index in [1.54, 1.807) is 0 Å². The summed E-state index contributed by atoms with van der Waals surface area (Å²) in [5.74, 6) is -0.866. The summed E-state index contributed by atoms with van der Waals surface area (Å²) in [6, 6.07) is 0. The molecule has 6 fully saturated rings. The molecule has 2 saturated carbocycles. The molecule has 2 aliphatic carbocycles. The van der Waals surface area contributed by atoms with Crippen LogP contribution in [0.5, 0.6) is 0 Å². The molecule has 0 aromatic rings. The molecule has 0 aromatic heterocycles. The van der Waals surface area contributed by atoms with Gasteiger partial charge in [0, 0.05) is 5.92 Å². The minimum atomic E-state index is -1.91. The maximum Gasteiger partial charge on any atom is 0.187 e. The van der Waals surface area contributed by atoms with E-state index in [0.29, 0.717) is 6.42 Å². The zero-order chi connectivity index (χ0) is 38.5. The standard InChI is InChI=1S/C33H56O20/c1-10-21(39)24(42)26(44)31(48-10)47-9-20-23(41)30(53-32-27(45)25(43)22(40)19(8-34)51-32)28(46)33(52-20)50-18-7-13-15(37)5-12(35)6-17(13)49-29(18)11-2-3-14(36)16(38)4-11/h10-46H,2-9H2,1H3. The molecule has 0 amide bonds. The molecule has 0 aromatic carbocycles. The highest BCUT2D eigenvalue weighted by Gasteiger charge is 2.55. The summed E-state index contributed by atoms with van der Waals surface area (Å²) in [4.78, 5) is 0. The van der Waals surface area contributed by atoms with Crippen molar-refractivity contribution >= 4 is 0 Å².